The van der Waals surface area contributed by atoms with Gasteiger partial charge in [-0.2, -0.15) is 0 Å². The standard InChI is InChI=1S/C19H25BO/c1-4-6-15-21-20(18-11-7-16(3)8-12-18)19-13-9-17(5-2)10-14-19/h7-14H,4-6,15H2,1-3H3. The van der Waals surface area contributed by atoms with Gasteiger partial charge >= 0.3 is 6.92 Å². The van der Waals surface area contributed by atoms with Crippen molar-refractivity contribution < 1.29 is 4.65 Å². The van der Waals surface area contributed by atoms with Gasteiger partial charge in [0.1, 0.15) is 0 Å². The summed E-state index contributed by atoms with van der Waals surface area (Å²) in [5.74, 6) is 0. The van der Waals surface area contributed by atoms with Crippen molar-refractivity contribution in [3.8, 4) is 0 Å². The highest BCUT2D eigenvalue weighted by atomic mass is 16.4. The molecule has 0 aliphatic heterocycles. The minimum atomic E-state index is 0.0445. The van der Waals surface area contributed by atoms with Crippen LogP contribution >= 0.6 is 0 Å². The molecule has 0 amide bonds. The number of hydrogen-bond acceptors (Lipinski definition) is 1. The normalized spacial score (nSPS) is 10.6. The van der Waals surface area contributed by atoms with Crippen molar-refractivity contribution in [1.82, 2.24) is 0 Å². The van der Waals surface area contributed by atoms with E-state index in [2.05, 4.69) is 69.3 Å². The van der Waals surface area contributed by atoms with E-state index in [4.69, 9.17) is 4.65 Å². The molecule has 0 atom stereocenters. The quantitative estimate of drug-likeness (QED) is 0.557. The summed E-state index contributed by atoms with van der Waals surface area (Å²) in [4.78, 5) is 0. The first kappa shape index (κ1) is 15.8. The molecule has 0 radical (unpaired) electrons. The Morgan fingerprint density at radius 1 is 0.857 bits per heavy atom. The molecule has 2 rings (SSSR count). The molecule has 0 bridgehead atoms. The summed E-state index contributed by atoms with van der Waals surface area (Å²) in [5.41, 5.74) is 5.13. The number of hydrogen-bond donors (Lipinski definition) is 0. The van der Waals surface area contributed by atoms with Gasteiger partial charge in [-0.25, -0.2) is 0 Å². The maximum atomic E-state index is 6.17. The van der Waals surface area contributed by atoms with Crippen molar-refractivity contribution >= 4 is 17.8 Å². The van der Waals surface area contributed by atoms with Crippen LogP contribution in [0.1, 0.15) is 37.8 Å². The van der Waals surface area contributed by atoms with Crippen molar-refractivity contribution in [1.29, 1.82) is 0 Å². The SMILES string of the molecule is CCCCOB(c1ccc(C)cc1)c1ccc(CC)cc1. The van der Waals surface area contributed by atoms with Crippen molar-refractivity contribution in [2.45, 2.75) is 40.0 Å². The van der Waals surface area contributed by atoms with E-state index >= 15 is 0 Å². The Morgan fingerprint density at radius 3 is 1.95 bits per heavy atom. The summed E-state index contributed by atoms with van der Waals surface area (Å²) in [6.07, 6.45) is 3.34. The number of aryl methyl sites for hydroxylation is 2. The van der Waals surface area contributed by atoms with Crippen LogP contribution in [0.15, 0.2) is 48.5 Å². The zero-order valence-corrected chi connectivity index (χ0v) is 13.4. The third kappa shape index (κ3) is 4.47. The maximum absolute atomic E-state index is 6.17. The second-order valence-electron chi connectivity index (χ2n) is 5.61. The van der Waals surface area contributed by atoms with Gasteiger partial charge in [0, 0.05) is 6.61 Å². The van der Waals surface area contributed by atoms with Crippen LogP contribution < -0.4 is 10.9 Å². The lowest BCUT2D eigenvalue weighted by Gasteiger charge is -2.16. The fourth-order valence-electron chi connectivity index (χ4n) is 2.40. The van der Waals surface area contributed by atoms with Crippen LogP contribution in [0.5, 0.6) is 0 Å². The Kier molecular flexibility index (Phi) is 6.07. The molecule has 0 unspecified atom stereocenters. The Balaban J connectivity index is 2.23. The van der Waals surface area contributed by atoms with E-state index < -0.39 is 0 Å². The van der Waals surface area contributed by atoms with Crippen LogP contribution in [0.4, 0.5) is 0 Å². The van der Waals surface area contributed by atoms with E-state index in [-0.39, 0.29) is 6.92 Å². The second-order valence-corrected chi connectivity index (χ2v) is 5.61. The van der Waals surface area contributed by atoms with Crippen molar-refractivity contribution in [3.05, 3.63) is 59.7 Å². The number of benzene rings is 2. The predicted molar refractivity (Wildman–Crippen MR) is 92.9 cm³/mol. The van der Waals surface area contributed by atoms with Crippen LogP contribution in [-0.4, -0.2) is 13.5 Å². The first-order valence-electron chi connectivity index (χ1n) is 8.01. The van der Waals surface area contributed by atoms with Gasteiger partial charge in [0.2, 0.25) is 0 Å². The number of rotatable bonds is 7. The van der Waals surface area contributed by atoms with E-state index in [0.717, 1.165) is 25.9 Å². The van der Waals surface area contributed by atoms with E-state index in [0.29, 0.717) is 0 Å². The van der Waals surface area contributed by atoms with Gasteiger partial charge in [-0.1, -0.05) is 74.4 Å². The Labute approximate surface area is 129 Å². The molecule has 0 aliphatic carbocycles. The highest BCUT2D eigenvalue weighted by molar-refractivity contribution is 6.80. The molecule has 21 heavy (non-hydrogen) atoms. The van der Waals surface area contributed by atoms with Crippen molar-refractivity contribution in [3.63, 3.8) is 0 Å². The van der Waals surface area contributed by atoms with Crippen LogP contribution in [0, 0.1) is 6.92 Å². The van der Waals surface area contributed by atoms with Gasteiger partial charge in [0.25, 0.3) is 0 Å². The zero-order valence-electron chi connectivity index (χ0n) is 13.4. The van der Waals surface area contributed by atoms with Crippen LogP contribution in [0.25, 0.3) is 0 Å². The van der Waals surface area contributed by atoms with E-state index in [1.54, 1.807) is 0 Å². The van der Waals surface area contributed by atoms with E-state index in [1.807, 2.05) is 0 Å². The summed E-state index contributed by atoms with van der Waals surface area (Å²) < 4.78 is 6.17. The van der Waals surface area contributed by atoms with Crippen LogP contribution in [0.2, 0.25) is 0 Å². The van der Waals surface area contributed by atoms with Crippen LogP contribution in [-0.2, 0) is 11.1 Å². The minimum absolute atomic E-state index is 0.0445. The monoisotopic (exact) mass is 280 g/mol. The fourth-order valence-corrected chi connectivity index (χ4v) is 2.40. The molecule has 0 aliphatic rings. The molecular formula is C19H25BO. The lowest BCUT2D eigenvalue weighted by Crippen LogP contribution is -2.45. The molecule has 0 aromatic heterocycles. The fraction of sp³-hybridized carbons (Fsp3) is 0.368. The Morgan fingerprint density at radius 2 is 1.43 bits per heavy atom. The summed E-state index contributed by atoms with van der Waals surface area (Å²) in [7, 11) is 0. The molecule has 2 aromatic carbocycles. The highest BCUT2D eigenvalue weighted by Gasteiger charge is 2.20. The third-order valence-corrected chi connectivity index (χ3v) is 3.85. The van der Waals surface area contributed by atoms with Gasteiger partial charge in [0.15, 0.2) is 0 Å². The molecule has 0 N–H and O–H groups in total. The Bertz CT molecular complexity index is 530. The lowest BCUT2D eigenvalue weighted by atomic mass is 9.55. The molecule has 0 heterocycles. The van der Waals surface area contributed by atoms with Crippen LogP contribution in [0.3, 0.4) is 0 Å². The van der Waals surface area contributed by atoms with Crippen molar-refractivity contribution in [2.75, 3.05) is 6.61 Å². The highest BCUT2D eigenvalue weighted by Crippen LogP contribution is 2.02. The van der Waals surface area contributed by atoms with E-state index in [1.165, 1.54) is 22.1 Å². The average Bonchev–Trinajstić information content (AvgIpc) is 2.53. The molecule has 0 saturated heterocycles. The molecule has 2 aromatic rings. The molecule has 110 valence electrons. The average molecular weight is 280 g/mol. The third-order valence-electron chi connectivity index (χ3n) is 3.85. The van der Waals surface area contributed by atoms with Gasteiger partial charge in [0.05, 0.1) is 0 Å². The topological polar surface area (TPSA) is 9.23 Å². The van der Waals surface area contributed by atoms with Gasteiger partial charge in [-0.05, 0) is 36.3 Å². The molecule has 0 saturated carbocycles. The molecule has 0 fully saturated rings. The predicted octanol–water partition coefficient (Wildman–Crippen LogP) is 3.48. The van der Waals surface area contributed by atoms with E-state index in [9.17, 15) is 0 Å². The molecular weight excluding hydrogens is 255 g/mol. The smallest absolute Gasteiger partial charge is 0.361 e. The van der Waals surface area contributed by atoms with Crippen molar-refractivity contribution in [2.24, 2.45) is 0 Å². The summed E-state index contributed by atoms with van der Waals surface area (Å²) >= 11 is 0. The second kappa shape index (κ2) is 8.04. The minimum Gasteiger partial charge on any atom is -0.427 e. The Hall–Kier alpha value is -1.54. The van der Waals surface area contributed by atoms with Gasteiger partial charge < -0.3 is 4.65 Å². The largest absolute Gasteiger partial charge is 0.427 e. The molecule has 1 nitrogen and oxygen atoms in total. The maximum Gasteiger partial charge on any atom is 0.361 e. The first-order chi connectivity index (χ1) is 10.2. The van der Waals surface area contributed by atoms with Gasteiger partial charge in [-0.15, -0.1) is 0 Å². The molecule has 0 spiro atoms. The lowest BCUT2D eigenvalue weighted by molar-refractivity contribution is 0.324. The van der Waals surface area contributed by atoms with Gasteiger partial charge in [-0.3, -0.25) is 0 Å². The number of unbranched alkanes of at least 4 members (excludes halogenated alkanes) is 1. The summed E-state index contributed by atoms with van der Waals surface area (Å²) in [6.45, 7) is 7.35. The zero-order chi connectivity index (χ0) is 15.1. The first-order valence-corrected chi connectivity index (χ1v) is 8.01. The summed E-state index contributed by atoms with van der Waals surface area (Å²) in [5, 5.41) is 0. The molecule has 2 heteroatoms. The summed E-state index contributed by atoms with van der Waals surface area (Å²) in [6, 6.07) is 17.5.